The Morgan fingerprint density at radius 3 is 1.97 bits per heavy atom. The maximum Gasteiger partial charge on any atom is 0.416 e. The lowest BCUT2D eigenvalue weighted by Gasteiger charge is -2.25. The van der Waals surface area contributed by atoms with Gasteiger partial charge in [0.2, 0.25) is 5.91 Å². The summed E-state index contributed by atoms with van der Waals surface area (Å²) in [6.45, 7) is 0.235. The molecule has 1 heterocycles. The zero-order valence-corrected chi connectivity index (χ0v) is 19.2. The molecule has 3 rings (SSSR count). The van der Waals surface area contributed by atoms with E-state index in [0.29, 0.717) is 25.0 Å². The molecule has 1 atom stereocenters. The van der Waals surface area contributed by atoms with Crippen molar-refractivity contribution in [3.8, 4) is 0 Å². The highest BCUT2D eigenvalue weighted by atomic mass is 19.4. The van der Waals surface area contributed by atoms with Crippen molar-refractivity contribution in [2.75, 3.05) is 19.6 Å². The van der Waals surface area contributed by atoms with Crippen LogP contribution in [-0.4, -0.2) is 48.3 Å². The predicted octanol–water partition coefficient (Wildman–Crippen LogP) is 4.40. The van der Waals surface area contributed by atoms with Crippen LogP contribution in [0.15, 0.2) is 42.5 Å². The van der Waals surface area contributed by atoms with Crippen molar-refractivity contribution in [2.24, 2.45) is 0 Å². The van der Waals surface area contributed by atoms with Gasteiger partial charge in [0.15, 0.2) is 0 Å². The van der Waals surface area contributed by atoms with Crippen molar-refractivity contribution in [1.82, 2.24) is 15.5 Å². The smallest absolute Gasteiger partial charge is 0.354 e. The first kappa shape index (κ1) is 27.9. The van der Waals surface area contributed by atoms with Gasteiger partial charge in [-0.25, -0.2) is 4.39 Å². The molecule has 0 aromatic heterocycles. The molecule has 0 spiro atoms. The Morgan fingerprint density at radius 1 is 0.838 bits per heavy atom. The molecular formula is C24H22F7N3O3. The van der Waals surface area contributed by atoms with Gasteiger partial charge < -0.3 is 15.5 Å². The Labute approximate surface area is 206 Å². The van der Waals surface area contributed by atoms with Gasteiger partial charge in [-0.3, -0.25) is 14.4 Å². The van der Waals surface area contributed by atoms with Gasteiger partial charge in [-0.2, -0.15) is 26.3 Å². The fourth-order valence-corrected chi connectivity index (χ4v) is 3.85. The summed E-state index contributed by atoms with van der Waals surface area (Å²) in [7, 11) is 0. The van der Waals surface area contributed by atoms with E-state index in [2.05, 4.69) is 10.6 Å². The summed E-state index contributed by atoms with van der Waals surface area (Å²) in [6, 6.07) is 4.43. The number of rotatable bonds is 7. The van der Waals surface area contributed by atoms with Crippen LogP contribution < -0.4 is 10.6 Å². The number of carbonyl (C=O) groups is 3. The first-order chi connectivity index (χ1) is 17.3. The molecule has 2 aromatic rings. The SMILES string of the molecule is O=C(NCCCNC(=O)[C@@H]1CCCN1C(=O)c1cc(C(F)(F)F)cc(C(F)(F)F)c1)c1ccc(F)cc1. The summed E-state index contributed by atoms with van der Waals surface area (Å²) in [5.41, 5.74) is -3.80. The molecule has 2 N–H and O–H groups in total. The van der Waals surface area contributed by atoms with E-state index >= 15 is 0 Å². The quantitative estimate of drug-likeness (QED) is 0.409. The van der Waals surface area contributed by atoms with Crippen LogP contribution in [-0.2, 0) is 17.1 Å². The van der Waals surface area contributed by atoms with Crippen LogP contribution in [0.2, 0.25) is 0 Å². The van der Waals surface area contributed by atoms with Crippen LogP contribution >= 0.6 is 0 Å². The number of hydrogen-bond acceptors (Lipinski definition) is 3. The summed E-state index contributed by atoms with van der Waals surface area (Å²) < 4.78 is 91.8. The first-order valence-electron chi connectivity index (χ1n) is 11.2. The predicted molar refractivity (Wildman–Crippen MR) is 117 cm³/mol. The Morgan fingerprint density at radius 2 is 1.41 bits per heavy atom. The van der Waals surface area contributed by atoms with Crippen molar-refractivity contribution >= 4 is 17.7 Å². The monoisotopic (exact) mass is 533 g/mol. The van der Waals surface area contributed by atoms with Gasteiger partial charge in [0.05, 0.1) is 11.1 Å². The van der Waals surface area contributed by atoms with Crippen LogP contribution in [0.25, 0.3) is 0 Å². The molecule has 0 aliphatic carbocycles. The minimum absolute atomic E-state index is 0.0117. The van der Waals surface area contributed by atoms with Gasteiger partial charge in [-0.15, -0.1) is 0 Å². The van der Waals surface area contributed by atoms with E-state index in [4.69, 9.17) is 0 Å². The van der Waals surface area contributed by atoms with E-state index in [0.717, 1.165) is 17.0 Å². The molecule has 0 radical (unpaired) electrons. The molecule has 0 bridgehead atoms. The number of likely N-dealkylation sites (tertiary alicyclic amines) is 1. The van der Waals surface area contributed by atoms with E-state index in [-0.39, 0.29) is 37.7 Å². The number of halogens is 7. The fraction of sp³-hybridized carbons (Fsp3) is 0.375. The van der Waals surface area contributed by atoms with Gasteiger partial charge in [0, 0.05) is 30.8 Å². The number of nitrogens with zero attached hydrogens (tertiary/aromatic N) is 1. The van der Waals surface area contributed by atoms with E-state index < -0.39 is 58.6 Å². The lowest BCUT2D eigenvalue weighted by Crippen LogP contribution is -2.46. The van der Waals surface area contributed by atoms with Crippen molar-refractivity contribution in [3.05, 3.63) is 70.5 Å². The molecule has 1 aliphatic heterocycles. The van der Waals surface area contributed by atoms with Crippen LogP contribution in [0, 0.1) is 5.82 Å². The Hall–Kier alpha value is -3.64. The van der Waals surface area contributed by atoms with Gasteiger partial charge in [-0.1, -0.05) is 0 Å². The van der Waals surface area contributed by atoms with Gasteiger partial charge in [-0.05, 0) is 61.7 Å². The third kappa shape index (κ3) is 7.20. The summed E-state index contributed by atoms with van der Waals surface area (Å²) in [5, 5.41) is 5.14. The third-order valence-corrected chi connectivity index (χ3v) is 5.70. The van der Waals surface area contributed by atoms with Crippen molar-refractivity contribution in [2.45, 2.75) is 37.7 Å². The minimum atomic E-state index is -5.11. The van der Waals surface area contributed by atoms with Gasteiger partial charge in [0.25, 0.3) is 11.8 Å². The van der Waals surface area contributed by atoms with Crippen molar-refractivity contribution < 1.29 is 45.1 Å². The number of alkyl halides is 6. The molecule has 0 saturated carbocycles. The zero-order chi connectivity index (χ0) is 27.4. The van der Waals surface area contributed by atoms with Crippen LogP contribution in [0.3, 0.4) is 0 Å². The standard InChI is InChI=1S/C24H22F7N3O3/c25-18-6-4-14(5-7-18)20(35)32-8-2-9-33-21(36)19-3-1-10-34(19)22(37)15-11-16(23(26,27)28)13-17(12-15)24(29,30)31/h4-7,11-13,19H,1-3,8-10H2,(H,32,35)(H,33,36)/t19-/m0/s1. The summed E-state index contributed by atoms with van der Waals surface area (Å²) in [6.07, 6.45) is -9.40. The number of hydrogen-bond donors (Lipinski definition) is 2. The molecule has 2 aromatic carbocycles. The maximum absolute atomic E-state index is 13.1. The average Bonchev–Trinajstić information content (AvgIpc) is 3.32. The molecule has 37 heavy (non-hydrogen) atoms. The lowest BCUT2D eigenvalue weighted by atomic mass is 10.0. The summed E-state index contributed by atoms with van der Waals surface area (Å²) in [5.74, 6) is -2.66. The Kier molecular flexibility index (Phi) is 8.44. The minimum Gasteiger partial charge on any atom is -0.354 e. The molecule has 13 heteroatoms. The van der Waals surface area contributed by atoms with Crippen LogP contribution in [0.1, 0.15) is 51.1 Å². The Bertz CT molecular complexity index is 1120. The highest BCUT2D eigenvalue weighted by Crippen LogP contribution is 2.37. The van der Waals surface area contributed by atoms with Crippen LogP contribution in [0.5, 0.6) is 0 Å². The van der Waals surface area contributed by atoms with E-state index in [1.54, 1.807) is 0 Å². The third-order valence-electron chi connectivity index (χ3n) is 5.70. The molecule has 1 aliphatic rings. The lowest BCUT2D eigenvalue weighted by molar-refractivity contribution is -0.143. The second-order valence-electron chi connectivity index (χ2n) is 8.36. The van der Waals surface area contributed by atoms with E-state index in [9.17, 15) is 45.1 Å². The van der Waals surface area contributed by atoms with Crippen molar-refractivity contribution in [3.63, 3.8) is 0 Å². The normalized spacial score (nSPS) is 16.0. The van der Waals surface area contributed by atoms with E-state index in [1.165, 1.54) is 12.1 Å². The molecule has 1 saturated heterocycles. The average molecular weight is 533 g/mol. The van der Waals surface area contributed by atoms with Gasteiger partial charge in [0.1, 0.15) is 11.9 Å². The topological polar surface area (TPSA) is 78.5 Å². The first-order valence-corrected chi connectivity index (χ1v) is 11.2. The number of carbonyl (C=O) groups excluding carboxylic acids is 3. The molecular weight excluding hydrogens is 511 g/mol. The number of benzene rings is 2. The molecule has 200 valence electrons. The highest BCUT2D eigenvalue weighted by molar-refractivity contribution is 5.98. The molecule has 1 fully saturated rings. The summed E-state index contributed by atoms with van der Waals surface area (Å²) >= 11 is 0. The second kappa shape index (κ2) is 11.2. The number of nitrogens with one attached hydrogen (secondary N) is 2. The van der Waals surface area contributed by atoms with Crippen LogP contribution in [0.4, 0.5) is 30.7 Å². The second-order valence-corrected chi connectivity index (χ2v) is 8.36. The highest BCUT2D eigenvalue weighted by Gasteiger charge is 2.40. The fourth-order valence-electron chi connectivity index (χ4n) is 3.85. The number of amides is 3. The molecule has 3 amide bonds. The molecule has 0 unspecified atom stereocenters. The van der Waals surface area contributed by atoms with Crippen molar-refractivity contribution in [1.29, 1.82) is 0 Å². The van der Waals surface area contributed by atoms with Gasteiger partial charge >= 0.3 is 12.4 Å². The van der Waals surface area contributed by atoms with E-state index in [1.807, 2.05) is 0 Å². The zero-order valence-electron chi connectivity index (χ0n) is 19.2. The molecule has 6 nitrogen and oxygen atoms in total. The Balaban J connectivity index is 1.59. The summed E-state index contributed by atoms with van der Waals surface area (Å²) in [4.78, 5) is 38.4. The maximum atomic E-state index is 13.1. The largest absolute Gasteiger partial charge is 0.416 e.